The number of carbonyl (C=O) groups excluding carboxylic acids is 1. The predicted molar refractivity (Wildman–Crippen MR) is 67.6 cm³/mol. The second kappa shape index (κ2) is 4.29. The Morgan fingerprint density at radius 1 is 1.27 bits per heavy atom. The third-order valence-electron chi connectivity index (χ3n) is 2.19. The summed E-state index contributed by atoms with van der Waals surface area (Å²) in [5, 5.41) is 0. The van der Waals surface area contributed by atoms with Gasteiger partial charge in [-0.25, -0.2) is 0 Å². The number of rotatable bonds is 2. The molecule has 0 radical (unpaired) electrons. The molecule has 0 bridgehead atoms. The Balaban J connectivity index is 2.41. The Kier molecular flexibility index (Phi) is 3.03. The molecule has 1 aromatic carbocycles. The standard InChI is InChI=1S/C12H9BrOS/c1-8-11(13)6-12(15-8)10-4-2-9(7-14)3-5-10/h2-7H,1H3. The van der Waals surface area contributed by atoms with Crippen LogP contribution in [-0.4, -0.2) is 6.29 Å². The summed E-state index contributed by atoms with van der Waals surface area (Å²) in [7, 11) is 0. The lowest BCUT2D eigenvalue weighted by molar-refractivity contribution is 0.112. The number of carbonyl (C=O) groups is 1. The molecule has 2 aromatic rings. The number of aldehydes is 1. The number of hydrogen-bond acceptors (Lipinski definition) is 2. The van der Waals surface area contributed by atoms with Crippen molar-refractivity contribution in [2.24, 2.45) is 0 Å². The van der Waals surface area contributed by atoms with E-state index >= 15 is 0 Å². The van der Waals surface area contributed by atoms with E-state index in [1.54, 1.807) is 11.3 Å². The summed E-state index contributed by atoms with van der Waals surface area (Å²) in [6.45, 7) is 2.08. The molecule has 0 fully saturated rings. The van der Waals surface area contributed by atoms with Crippen LogP contribution in [0.3, 0.4) is 0 Å². The number of thiophene rings is 1. The lowest BCUT2D eigenvalue weighted by atomic mass is 10.1. The molecule has 0 spiro atoms. The van der Waals surface area contributed by atoms with Gasteiger partial charge >= 0.3 is 0 Å². The van der Waals surface area contributed by atoms with Crippen molar-refractivity contribution < 1.29 is 4.79 Å². The van der Waals surface area contributed by atoms with E-state index in [4.69, 9.17) is 0 Å². The fourth-order valence-electron chi connectivity index (χ4n) is 1.33. The predicted octanol–water partition coefficient (Wildman–Crippen LogP) is 4.30. The van der Waals surface area contributed by atoms with Crippen LogP contribution in [-0.2, 0) is 0 Å². The van der Waals surface area contributed by atoms with E-state index < -0.39 is 0 Å². The largest absolute Gasteiger partial charge is 0.298 e. The van der Waals surface area contributed by atoms with Crippen LogP contribution >= 0.6 is 27.3 Å². The van der Waals surface area contributed by atoms with Crippen LogP contribution in [0.2, 0.25) is 0 Å². The van der Waals surface area contributed by atoms with Crippen LogP contribution in [0.4, 0.5) is 0 Å². The van der Waals surface area contributed by atoms with Gasteiger partial charge in [0.1, 0.15) is 6.29 Å². The highest BCUT2D eigenvalue weighted by Crippen LogP contribution is 2.33. The molecule has 1 nitrogen and oxygen atoms in total. The van der Waals surface area contributed by atoms with Gasteiger partial charge in [0.15, 0.2) is 0 Å². The molecule has 0 saturated carbocycles. The lowest BCUT2D eigenvalue weighted by Crippen LogP contribution is -1.78. The van der Waals surface area contributed by atoms with Gasteiger partial charge in [0.05, 0.1) is 0 Å². The minimum absolute atomic E-state index is 0.714. The van der Waals surface area contributed by atoms with E-state index in [1.807, 2.05) is 24.3 Å². The molecule has 0 atom stereocenters. The van der Waals surface area contributed by atoms with Crippen molar-refractivity contribution in [3.05, 3.63) is 45.2 Å². The number of benzene rings is 1. The van der Waals surface area contributed by atoms with Gasteiger partial charge in [-0.05, 0) is 34.5 Å². The van der Waals surface area contributed by atoms with Crippen LogP contribution < -0.4 is 0 Å². The smallest absolute Gasteiger partial charge is 0.150 e. The van der Waals surface area contributed by atoms with Gasteiger partial charge in [-0.2, -0.15) is 0 Å². The maximum absolute atomic E-state index is 10.5. The number of aryl methyl sites for hydroxylation is 1. The van der Waals surface area contributed by atoms with Gasteiger partial charge in [0, 0.05) is 19.8 Å². The highest BCUT2D eigenvalue weighted by atomic mass is 79.9. The van der Waals surface area contributed by atoms with E-state index in [2.05, 4.69) is 28.9 Å². The molecule has 2 rings (SSSR count). The van der Waals surface area contributed by atoms with Crippen molar-refractivity contribution in [1.82, 2.24) is 0 Å². The van der Waals surface area contributed by atoms with Gasteiger partial charge in [-0.15, -0.1) is 11.3 Å². The summed E-state index contributed by atoms with van der Waals surface area (Å²) in [6.07, 6.45) is 0.860. The fraction of sp³-hybridized carbons (Fsp3) is 0.0833. The third kappa shape index (κ3) is 2.19. The topological polar surface area (TPSA) is 17.1 Å². The molecule has 0 N–H and O–H groups in total. The highest BCUT2D eigenvalue weighted by Gasteiger charge is 2.04. The average molecular weight is 281 g/mol. The summed E-state index contributed by atoms with van der Waals surface area (Å²) >= 11 is 5.24. The normalized spacial score (nSPS) is 10.3. The SMILES string of the molecule is Cc1sc(-c2ccc(C=O)cc2)cc1Br. The molecule has 0 aliphatic rings. The first kappa shape index (κ1) is 10.6. The highest BCUT2D eigenvalue weighted by molar-refractivity contribution is 9.10. The van der Waals surface area contributed by atoms with Crippen molar-refractivity contribution in [2.45, 2.75) is 6.92 Å². The number of hydrogen-bond donors (Lipinski definition) is 0. The van der Waals surface area contributed by atoms with Crippen LogP contribution in [0.15, 0.2) is 34.8 Å². The molecular weight excluding hydrogens is 272 g/mol. The molecule has 3 heteroatoms. The summed E-state index contributed by atoms with van der Waals surface area (Å²) in [5.74, 6) is 0. The molecule has 0 aliphatic heterocycles. The molecule has 1 heterocycles. The van der Waals surface area contributed by atoms with Crippen LogP contribution in [0.25, 0.3) is 10.4 Å². The van der Waals surface area contributed by atoms with E-state index in [1.165, 1.54) is 9.75 Å². The molecule has 15 heavy (non-hydrogen) atoms. The fourth-order valence-corrected chi connectivity index (χ4v) is 2.87. The van der Waals surface area contributed by atoms with Crippen molar-refractivity contribution in [3.8, 4) is 10.4 Å². The zero-order valence-electron chi connectivity index (χ0n) is 8.16. The zero-order chi connectivity index (χ0) is 10.8. The Bertz CT molecular complexity index is 465. The van der Waals surface area contributed by atoms with E-state index in [-0.39, 0.29) is 0 Å². The maximum atomic E-state index is 10.5. The minimum atomic E-state index is 0.714. The molecule has 76 valence electrons. The monoisotopic (exact) mass is 280 g/mol. The maximum Gasteiger partial charge on any atom is 0.150 e. The van der Waals surface area contributed by atoms with Gasteiger partial charge in [-0.1, -0.05) is 24.3 Å². The first-order chi connectivity index (χ1) is 7.20. The van der Waals surface area contributed by atoms with Gasteiger partial charge in [-0.3, -0.25) is 4.79 Å². The van der Waals surface area contributed by atoms with Crippen molar-refractivity contribution in [3.63, 3.8) is 0 Å². The Labute approximate surface area is 101 Å². The first-order valence-corrected chi connectivity index (χ1v) is 6.13. The average Bonchev–Trinajstić information content (AvgIpc) is 2.59. The number of halogens is 1. The second-order valence-corrected chi connectivity index (χ2v) is 5.37. The summed E-state index contributed by atoms with van der Waals surface area (Å²) in [4.78, 5) is 13.0. The van der Waals surface area contributed by atoms with Crippen molar-refractivity contribution >= 4 is 33.6 Å². The minimum Gasteiger partial charge on any atom is -0.298 e. The van der Waals surface area contributed by atoms with Crippen LogP contribution in [0.1, 0.15) is 15.2 Å². The first-order valence-electron chi connectivity index (χ1n) is 4.52. The van der Waals surface area contributed by atoms with Crippen molar-refractivity contribution in [1.29, 1.82) is 0 Å². The van der Waals surface area contributed by atoms with E-state index in [0.29, 0.717) is 5.56 Å². The molecule has 1 aromatic heterocycles. The van der Waals surface area contributed by atoms with Gasteiger partial charge < -0.3 is 0 Å². The molecule has 0 unspecified atom stereocenters. The third-order valence-corrected chi connectivity index (χ3v) is 4.37. The van der Waals surface area contributed by atoms with Gasteiger partial charge in [0.25, 0.3) is 0 Å². The summed E-state index contributed by atoms with van der Waals surface area (Å²) < 4.78 is 1.14. The van der Waals surface area contributed by atoms with Crippen LogP contribution in [0.5, 0.6) is 0 Å². The van der Waals surface area contributed by atoms with E-state index in [0.717, 1.165) is 16.3 Å². The van der Waals surface area contributed by atoms with Crippen LogP contribution in [0, 0.1) is 6.92 Å². The molecular formula is C12H9BrOS. The Hall–Kier alpha value is -0.930. The molecule has 0 aliphatic carbocycles. The molecule has 0 amide bonds. The summed E-state index contributed by atoms with van der Waals surface area (Å²) in [5.41, 5.74) is 1.87. The van der Waals surface area contributed by atoms with E-state index in [9.17, 15) is 4.79 Å². The quantitative estimate of drug-likeness (QED) is 0.750. The Morgan fingerprint density at radius 2 is 1.93 bits per heavy atom. The molecule has 0 saturated heterocycles. The zero-order valence-corrected chi connectivity index (χ0v) is 10.6. The van der Waals surface area contributed by atoms with Gasteiger partial charge in [0.2, 0.25) is 0 Å². The Morgan fingerprint density at radius 3 is 2.40 bits per heavy atom. The lowest BCUT2D eigenvalue weighted by Gasteiger charge is -1.96. The van der Waals surface area contributed by atoms with Crippen molar-refractivity contribution in [2.75, 3.05) is 0 Å². The second-order valence-electron chi connectivity index (χ2n) is 3.25. The summed E-state index contributed by atoms with van der Waals surface area (Å²) in [6, 6.07) is 9.73.